The van der Waals surface area contributed by atoms with E-state index in [0.717, 1.165) is 0 Å². The summed E-state index contributed by atoms with van der Waals surface area (Å²) >= 11 is 0. The van der Waals surface area contributed by atoms with Crippen molar-refractivity contribution in [3.05, 3.63) is 53.9 Å². The molecule has 0 radical (unpaired) electrons. The Morgan fingerprint density at radius 1 is 1.06 bits per heavy atom. The standard InChI is InChI=1S/C26H36N4O5/c1-18(2)30(7)24(32)20-10-8-11-21(28-23(31)19-12-14-27-15-13-19)22(20)34-17-9-16-29(6)25(33)35-26(3,4)5/h8,10-15,18H,9,16-17H2,1-7H3,(H,28,31). The molecule has 2 aromatic rings. The van der Waals surface area contributed by atoms with Crippen molar-refractivity contribution in [1.82, 2.24) is 14.8 Å². The fraction of sp³-hybridized carbons (Fsp3) is 0.462. The Hall–Kier alpha value is -3.62. The van der Waals surface area contributed by atoms with Crippen LogP contribution < -0.4 is 10.1 Å². The lowest BCUT2D eigenvalue weighted by molar-refractivity contribution is 0.0292. The molecule has 0 saturated heterocycles. The summed E-state index contributed by atoms with van der Waals surface area (Å²) in [6, 6.07) is 8.24. The number of benzene rings is 1. The van der Waals surface area contributed by atoms with E-state index in [1.165, 1.54) is 17.3 Å². The number of ether oxygens (including phenoxy) is 2. The Kier molecular flexibility index (Phi) is 9.62. The fourth-order valence-corrected chi connectivity index (χ4v) is 2.99. The van der Waals surface area contributed by atoms with Crippen molar-refractivity contribution < 1.29 is 23.9 Å². The van der Waals surface area contributed by atoms with Crippen LogP contribution in [0.1, 0.15) is 61.8 Å². The van der Waals surface area contributed by atoms with Crippen molar-refractivity contribution >= 4 is 23.6 Å². The molecule has 0 aliphatic rings. The maximum Gasteiger partial charge on any atom is 0.410 e. The van der Waals surface area contributed by atoms with Crippen LogP contribution in [0.2, 0.25) is 0 Å². The second-order valence-electron chi connectivity index (χ2n) is 9.49. The van der Waals surface area contributed by atoms with Crippen LogP contribution in [0, 0.1) is 0 Å². The molecular weight excluding hydrogens is 448 g/mol. The van der Waals surface area contributed by atoms with Crippen molar-refractivity contribution in [3.63, 3.8) is 0 Å². The van der Waals surface area contributed by atoms with Gasteiger partial charge in [-0.05, 0) is 65.3 Å². The van der Waals surface area contributed by atoms with E-state index in [1.807, 2.05) is 34.6 Å². The van der Waals surface area contributed by atoms with Crippen molar-refractivity contribution in [3.8, 4) is 5.75 Å². The van der Waals surface area contributed by atoms with Gasteiger partial charge in [0, 0.05) is 44.6 Å². The fourth-order valence-electron chi connectivity index (χ4n) is 2.99. The molecule has 0 aliphatic heterocycles. The molecule has 9 heteroatoms. The average Bonchev–Trinajstić information content (AvgIpc) is 2.80. The number of pyridine rings is 1. The van der Waals surface area contributed by atoms with Crippen LogP contribution in [0.15, 0.2) is 42.7 Å². The summed E-state index contributed by atoms with van der Waals surface area (Å²) in [4.78, 5) is 45.1. The first-order valence-electron chi connectivity index (χ1n) is 11.6. The van der Waals surface area contributed by atoms with Crippen LogP contribution in [0.4, 0.5) is 10.5 Å². The van der Waals surface area contributed by atoms with E-state index in [4.69, 9.17) is 9.47 Å². The zero-order valence-electron chi connectivity index (χ0n) is 21.6. The van der Waals surface area contributed by atoms with E-state index in [2.05, 4.69) is 10.3 Å². The molecule has 35 heavy (non-hydrogen) atoms. The highest BCUT2D eigenvalue weighted by molar-refractivity contribution is 6.07. The van der Waals surface area contributed by atoms with Gasteiger partial charge in [-0.2, -0.15) is 0 Å². The van der Waals surface area contributed by atoms with Gasteiger partial charge in [0.1, 0.15) is 5.60 Å². The van der Waals surface area contributed by atoms with Gasteiger partial charge in [-0.1, -0.05) is 6.07 Å². The molecule has 9 nitrogen and oxygen atoms in total. The molecule has 0 saturated carbocycles. The van der Waals surface area contributed by atoms with E-state index in [9.17, 15) is 14.4 Å². The molecule has 0 atom stereocenters. The Labute approximate surface area is 207 Å². The summed E-state index contributed by atoms with van der Waals surface area (Å²) < 4.78 is 11.4. The third-order valence-corrected chi connectivity index (χ3v) is 5.12. The highest BCUT2D eigenvalue weighted by Crippen LogP contribution is 2.31. The second-order valence-corrected chi connectivity index (χ2v) is 9.49. The predicted octanol–water partition coefficient (Wildman–Crippen LogP) is 4.45. The quantitative estimate of drug-likeness (QED) is 0.528. The number of hydrogen-bond acceptors (Lipinski definition) is 6. The average molecular weight is 485 g/mol. The minimum atomic E-state index is -0.578. The van der Waals surface area contributed by atoms with Crippen LogP contribution in [0.25, 0.3) is 0 Å². The molecule has 3 amide bonds. The molecule has 0 aliphatic carbocycles. The second kappa shape index (κ2) is 12.2. The summed E-state index contributed by atoms with van der Waals surface area (Å²) in [5, 5.41) is 2.84. The molecule has 0 unspecified atom stereocenters. The summed E-state index contributed by atoms with van der Waals surface area (Å²) in [6.07, 6.45) is 3.14. The number of carbonyl (C=O) groups is 3. The molecule has 190 valence electrons. The number of anilines is 1. The van der Waals surface area contributed by atoms with E-state index in [-0.39, 0.29) is 30.2 Å². The van der Waals surface area contributed by atoms with Gasteiger partial charge in [0.05, 0.1) is 17.9 Å². The van der Waals surface area contributed by atoms with Crippen LogP contribution >= 0.6 is 0 Å². The Morgan fingerprint density at radius 2 is 1.71 bits per heavy atom. The van der Waals surface area contributed by atoms with E-state index < -0.39 is 11.7 Å². The Bertz CT molecular complexity index is 1020. The summed E-state index contributed by atoms with van der Waals surface area (Å²) in [6.45, 7) is 9.89. The molecule has 1 heterocycles. The van der Waals surface area contributed by atoms with E-state index in [1.54, 1.807) is 49.3 Å². The first kappa shape index (κ1) is 27.6. The van der Waals surface area contributed by atoms with E-state index >= 15 is 0 Å². The highest BCUT2D eigenvalue weighted by atomic mass is 16.6. The first-order valence-corrected chi connectivity index (χ1v) is 11.6. The van der Waals surface area contributed by atoms with Gasteiger partial charge in [-0.25, -0.2) is 4.79 Å². The normalized spacial score (nSPS) is 11.1. The largest absolute Gasteiger partial charge is 0.490 e. The molecule has 0 fully saturated rings. The van der Waals surface area contributed by atoms with Gasteiger partial charge >= 0.3 is 6.09 Å². The van der Waals surface area contributed by atoms with Gasteiger partial charge in [0.15, 0.2) is 5.75 Å². The lowest BCUT2D eigenvalue weighted by atomic mass is 10.1. The van der Waals surface area contributed by atoms with Crippen molar-refractivity contribution in [2.24, 2.45) is 0 Å². The zero-order valence-corrected chi connectivity index (χ0v) is 21.6. The summed E-state index contributed by atoms with van der Waals surface area (Å²) in [5.41, 5.74) is 0.580. The van der Waals surface area contributed by atoms with Gasteiger partial charge in [0.25, 0.3) is 11.8 Å². The third kappa shape index (κ3) is 8.27. The summed E-state index contributed by atoms with van der Waals surface area (Å²) in [5.74, 6) is -0.281. The van der Waals surface area contributed by atoms with Crippen molar-refractivity contribution in [1.29, 1.82) is 0 Å². The van der Waals surface area contributed by atoms with Crippen molar-refractivity contribution in [2.45, 2.75) is 52.7 Å². The molecule has 1 aromatic heterocycles. The zero-order chi connectivity index (χ0) is 26.2. The molecular formula is C26H36N4O5. The van der Waals surface area contributed by atoms with Gasteiger partial charge < -0.3 is 24.6 Å². The van der Waals surface area contributed by atoms with Gasteiger partial charge in [-0.3, -0.25) is 14.6 Å². The number of carbonyl (C=O) groups excluding carboxylic acids is 3. The number of nitrogens with one attached hydrogen (secondary N) is 1. The van der Waals surface area contributed by atoms with Gasteiger partial charge in [-0.15, -0.1) is 0 Å². The van der Waals surface area contributed by atoms with Crippen LogP contribution in [-0.2, 0) is 4.74 Å². The smallest absolute Gasteiger partial charge is 0.410 e. The number of hydrogen-bond donors (Lipinski definition) is 1. The van der Waals surface area contributed by atoms with Gasteiger partial charge in [0.2, 0.25) is 0 Å². The molecule has 0 spiro atoms. The monoisotopic (exact) mass is 484 g/mol. The summed E-state index contributed by atoms with van der Waals surface area (Å²) in [7, 11) is 3.37. The third-order valence-electron chi connectivity index (χ3n) is 5.12. The lowest BCUT2D eigenvalue weighted by Crippen LogP contribution is -2.35. The molecule has 0 bridgehead atoms. The van der Waals surface area contributed by atoms with Crippen LogP contribution in [0.5, 0.6) is 5.75 Å². The minimum absolute atomic E-state index is 0.0205. The predicted molar refractivity (Wildman–Crippen MR) is 135 cm³/mol. The lowest BCUT2D eigenvalue weighted by Gasteiger charge is -2.25. The number of aromatic nitrogens is 1. The maximum absolute atomic E-state index is 13.1. The topological polar surface area (TPSA) is 101 Å². The molecule has 2 rings (SSSR count). The Balaban J connectivity index is 2.19. The number of para-hydroxylation sites is 1. The number of nitrogens with zero attached hydrogens (tertiary/aromatic N) is 3. The number of rotatable bonds is 9. The van der Waals surface area contributed by atoms with Crippen molar-refractivity contribution in [2.75, 3.05) is 32.6 Å². The molecule has 1 aromatic carbocycles. The Morgan fingerprint density at radius 3 is 2.31 bits per heavy atom. The SMILES string of the molecule is CC(C)N(C)C(=O)c1cccc(NC(=O)c2ccncc2)c1OCCCN(C)C(=O)OC(C)(C)C. The van der Waals surface area contributed by atoms with Crippen LogP contribution in [0.3, 0.4) is 0 Å². The van der Waals surface area contributed by atoms with Crippen LogP contribution in [-0.4, -0.2) is 71.6 Å². The minimum Gasteiger partial charge on any atom is -0.490 e. The first-order chi connectivity index (χ1) is 16.4. The van der Waals surface area contributed by atoms with E-state index in [0.29, 0.717) is 29.8 Å². The highest BCUT2D eigenvalue weighted by Gasteiger charge is 2.23. The maximum atomic E-state index is 13.1. The number of amides is 3. The molecule has 1 N–H and O–H groups in total.